The van der Waals surface area contributed by atoms with Gasteiger partial charge in [-0.15, -0.1) is 0 Å². The summed E-state index contributed by atoms with van der Waals surface area (Å²) < 4.78 is 19.4. The van der Waals surface area contributed by atoms with Crippen molar-refractivity contribution in [2.75, 3.05) is 0 Å². The van der Waals surface area contributed by atoms with Gasteiger partial charge in [0.25, 0.3) is 0 Å². The highest BCUT2D eigenvalue weighted by molar-refractivity contribution is 5.34. The summed E-state index contributed by atoms with van der Waals surface area (Å²) in [5.41, 5.74) is 6.70. The lowest BCUT2D eigenvalue weighted by Crippen LogP contribution is -2.25. The molecule has 1 saturated carbocycles. The molecule has 0 amide bonds. The minimum Gasteiger partial charge on any atom is -0.490 e. The van der Waals surface area contributed by atoms with Crippen LogP contribution in [0, 0.1) is 11.7 Å². The molecule has 0 spiro atoms. The zero-order valence-electron chi connectivity index (χ0n) is 11.9. The number of ether oxygens (including phenoxy) is 1. The highest BCUT2D eigenvalue weighted by Crippen LogP contribution is 2.29. The van der Waals surface area contributed by atoms with Gasteiger partial charge in [-0.25, -0.2) is 4.39 Å². The van der Waals surface area contributed by atoms with E-state index in [4.69, 9.17) is 10.5 Å². The maximum atomic E-state index is 13.3. The van der Waals surface area contributed by atoms with Gasteiger partial charge in [0, 0.05) is 6.04 Å². The molecule has 1 aromatic carbocycles. The second-order valence-corrected chi connectivity index (χ2v) is 5.95. The average Bonchev–Trinajstić information content (AvgIpc) is 2.32. The maximum Gasteiger partial charge on any atom is 0.123 e. The Labute approximate surface area is 115 Å². The average molecular weight is 265 g/mol. The van der Waals surface area contributed by atoms with Gasteiger partial charge in [-0.05, 0) is 62.3 Å². The highest BCUT2D eigenvalue weighted by atomic mass is 19.1. The summed E-state index contributed by atoms with van der Waals surface area (Å²) >= 11 is 0. The van der Waals surface area contributed by atoms with Gasteiger partial charge in [0.2, 0.25) is 0 Å². The fourth-order valence-corrected chi connectivity index (χ4v) is 2.83. The maximum absolute atomic E-state index is 13.3. The lowest BCUT2D eigenvalue weighted by atomic mass is 9.88. The summed E-state index contributed by atoms with van der Waals surface area (Å²) in [6.07, 6.45) is 5.61. The SMILES string of the molecule is CC(N)Cc1cc(F)ccc1OC1CCCC(C)C1. The van der Waals surface area contributed by atoms with Crippen molar-refractivity contribution in [3.8, 4) is 5.75 Å². The first kappa shape index (κ1) is 14.3. The second-order valence-electron chi connectivity index (χ2n) is 5.95. The Hall–Kier alpha value is -1.09. The summed E-state index contributed by atoms with van der Waals surface area (Å²) in [5.74, 6) is 1.30. The monoisotopic (exact) mass is 265 g/mol. The largest absolute Gasteiger partial charge is 0.490 e. The van der Waals surface area contributed by atoms with E-state index in [1.54, 1.807) is 12.1 Å². The van der Waals surface area contributed by atoms with Gasteiger partial charge in [0.05, 0.1) is 6.10 Å². The van der Waals surface area contributed by atoms with Gasteiger partial charge >= 0.3 is 0 Å². The topological polar surface area (TPSA) is 35.2 Å². The van der Waals surface area contributed by atoms with Crippen LogP contribution >= 0.6 is 0 Å². The van der Waals surface area contributed by atoms with Gasteiger partial charge in [-0.3, -0.25) is 0 Å². The van der Waals surface area contributed by atoms with Crippen LogP contribution in [-0.2, 0) is 6.42 Å². The molecule has 2 nitrogen and oxygen atoms in total. The van der Waals surface area contributed by atoms with Crippen LogP contribution in [0.1, 0.15) is 45.1 Å². The third kappa shape index (κ3) is 4.20. The Morgan fingerprint density at radius 1 is 1.42 bits per heavy atom. The molecule has 0 heterocycles. The lowest BCUT2D eigenvalue weighted by molar-refractivity contribution is 0.128. The molecule has 106 valence electrons. The van der Waals surface area contributed by atoms with Crippen LogP contribution in [0.4, 0.5) is 4.39 Å². The molecule has 1 aromatic rings. The standard InChI is InChI=1S/C16H24FNO/c1-11-4-3-5-15(8-11)19-16-7-6-14(17)10-13(16)9-12(2)18/h6-7,10-12,15H,3-5,8-9,18H2,1-2H3. The fraction of sp³-hybridized carbons (Fsp3) is 0.625. The smallest absolute Gasteiger partial charge is 0.123 e. The minimum atomic E-state index is -0.222. The van der Waals surface area contributed by atoms with Crippen molar-refractivity contribution in [2.45, 2.75) is 58.1 Å². The number of benzene rings is 1. The molecule has 0 aromatic heterocycles. The Balaban J connectivity index is 2.10. The predicted molar refractivity (Wildman–Crippen MR) is 75.8 cm³/mol. The Morgan fingerprint density at radius 2 is 2.21 bits per heavy atom. The van der Waals surface area contributed by atoms with Crippen molar-refractivity contribution in [3.05, 3.63) is 29.6 Å². The third-order valence-corrected chi connectivity index (χ3v) is 3.75. The van der Waals surface area contributed by atoms with Crippen molar-refractivity contribution < 1.29 is 9.13 Å². The molecule has 0 saturated heterocycles. The zero-order chi connectivity index (χ0) is 13.8. The predicted octanol–water partition coefficient (Wildman–Crippen LogP) is 3.67. The Morgan fingerprint density at radius 3 is 2.89 bits per heavy atom. The number of hydrogen-bond donors (Lipinski definition) is 1. The molecular formula is C16H24FNO. The second kappa shape index (κ2) is 6.38. The minimum absolute atomic E-state index is 0.00873. The van der Waals surface area contributed by atoms with E-state index in [9.17, 15) is 4.39 Å². The van der Waals surface area contributed by atoms with E-state index in [1.807, 2.05) is 6.92 Å². The van der Waals surface area contributed by atoms with Gasteiger partial charge in [-0.2, -0.15) is 0 Å². The molecule has 0 bridgehead atoms. The third-order valence-electron chi connectivity index (χ3n) is 3.75. The molecule has 3 heteroatoms. The van der Waals surface area contributed by atoms with E-state index in [2.05, 4.69) is 6.92 Å². The van der Waals surface area contributed by atoms with Crippen molar-refractivity contribution in [1.82, 2.24) is 0 Å². The van der Waals surface area contributed by atoms with Crippen LogP contribution in [-0.4, -0.2) is 12.1 Å². The molecule has 2 rings (SSSR count). The normalized spacial score (nSPS) is 25.1. The zero-order valence-corrected chi connectivity index (χ0v) is 11.9. The first-order chi connectivity index (χ1) is 9.04. The van der Waals surface area contributed by atoms with Gasteiger partial charge in [0.1, 0.15) is 11.6 Å². The molecule has 0 radical (unpaired) electrons. The Kier molecular flexibility index (Phi) is 4.81. The molecule has 2 N–H and O–H groups in total. The fourth-order valence-electron chi connectivity index (χ4n) is 2.83. The quantitative estimate of drug-likeness (QED) is 0.901. The molecule has 1 fully saturated rings. The number of halogens is 1. The molecule has 19 heavy (non-hydrogen) atoms. The first-order valence-corrected chi connectivity index (χ1v) is 7.25. The first-order valence-electron chi connectivity index (χ1n) is 7.25. The van der Waals surface area contributed by atoms with Crippen molar-refractivity contribution in [1.29, 1.82) is 0 Å². The van der Waals surface area contributed by atoms with Gasteiger partial charge in [0.15, 0.2) is 0 Å². The van der Waals surface area contributed by atoms with Crippen LogP contribution in [0.5, 0.6) is 5.75 Å². The molecule has 0 aliphatic heterocycles. The van der Waals surface area contributed by atoms with Crippen LogP contribution in [0.2, 0.25) is 0 Å². The molecule has 1 aliphatic carbocycles. The summed E-state index contributed by atoms with van der Waals surface area (Å²) in [4.78, 5) is 0. The van der Waals surface area contributed by atoms with E-state index >= 15 is 0 Å². The summed E-state index contributed by atoms with van der Waals surface area (Å²) in [6, 6.07) is 4.76. The summed E-state index contributed by atoms with van der Waals surface area (Å²) in [6.45, 7) is 4.19. The van der Waals surface area contributed by atoms with Gasteiger partial charge < -0.3 is 10.5 Å². The molecule has 3 unspecified atom stereocenters. The van der Waals surface area contributed by atoms with E-state index in [0.29, 0.717) is 6.42 Å². The molecule has 3 atom stereocenters. The van der Waals surface area contributed by atoms with Crippen LogP contribution in [0.3, 0.4) is 0 Å². The molecular weight excluding hydrogens is 241 g/mol. The summed E-state index contributed by atoms with van der Waals surface area (Å²) in [5, 5.41) is 0. The van der Waals surface area contributed by atoms with Crippen molar-refractivity contribution >= 4 is 0 Å². The van der Waals surface area contributed by atoms with Crippen LogP contribution in [0.25, 0.3) is 0 Å². The van der Waals surface area contributed by atoms with E-state index in [1.165, 1.54) is 18.9 Å². The number of hydrogen-bond acceptors (Lipinski definition) is 2. The lowest BCUT2D eigenvalue weighted by Gasteiger charge is -2.28. The van der Waals surface area contributed by atoms with Crippen LogP contribution in [0.15, 0.2) is 18.2 Å². The van der Waals surface area contributed by atoms with Gasteiger partial charge in [-0.1, -0.05) is 13.3 Å². The van der Waals surface area contributed by atoms with Crippen molar-refractivity contribution in [3.63, 3.8) is 0 Å². The van der Waals surface area contributed by atoms with E-state index in [0.717, 1.165) is 30.1 Å². The highest BCUT2D eigenvalue weighted by Gasteiger charge is 2.21. The molecule has 1 aliphatic rings. The van der Waals surface area contributed by atoms with E-state index in [-0.39, 0.29) is 18.0 Å². The van der Waals surface area contributed by atoms with Crippen molar-refractivity contribution in [2.24, 2.45) is 11.7 Å². The number of rotatable bonds is 4. The Bertz CT molecular complexity index is 419. The number of nitrogens with two attached hydrogens (primary N) is 1. The van der Waals surface area contributed by atoms with Crippen LogP contribution < -0.4 is 10.5 Å². The van der Waals surface area contributed by atoms with E-state index < -0.39 is 0 Å². The summed E-state index contributed by atoms with van der Waals surface area (Å²) in [7, 11) is 0.